The molecule has 0 amide bonds. The van der Waals surface area contributed by atoms with Gasteiger partial charge in [-0.05, 0) is 30.5 Å². The quantitative estimate of drug-likeness (QED) is 0.681. The summed E-state index contributed by atoms with van der Waals surface area (Å²) in [6.45, 7) is 2.67. The van der Waals surface area contributed by atoms with Crippen molar-refractivity contribution in [3.05, 3.63) is 54.1 Å². The molecule has 3 aromatic rings. The number of benzene rings is 2. The summed E-state index contributed by atoms with van der Waals surface area (Å²) in [4.78, 5) is 2.58. The van der Waals surface area contributed by atoms with E-state index in [9.17, 15) is 8.42 Å². The smallest absolute Gasteiger partial charge is 0.243 e. The third kappa shape index (κ3) is 4.64. The summed E-state index contributed by atoms with van der Waals surface area (Å²) in [5.74, 6) is 0. The molecule has 0 bridgehead atoms. The maximum absolute atomic E-state index is 12.8. The van der Waals surface area contributed by atoms with Crippen LogP contribution in [0.3, 0.4) is 0 Å². The van der Waals surface area contributed by atoms with E-state index >= 15 is 0 Å². The standard InChI is InChI=1S/C18H20N4O2S2.ClH/c23-26(24,17-8-4-7-16-18(17)20-25-19-16)21-15-9-11-22(12-10-15)13-14-5-2-1-3-6-14;/h1-8,15,21H,9-13H2;1H. The highest BCUT2D eigenvalue weighted by atomic mass is 35.5. The lowest BCUT2D eigenvalue weighted by Gasteiger charge is -2.32. The van der Waals surface area contributed by atoms with Crippen molar-refractivity contribution in [3.63, 3.8) is 0 Å². The van der Waals surface area contributed by atoms with Gasteiger partial charge in [0.15, 0.2) is 0 Å². The van der Waals surface area contributed by atoms with Crippen molar-refractivity contribution in [2.75, 3.05) is 13.1 Å². The molecule has 1 aromatic heterocycles. The van der Waals surface area contributed by atoms with Crippen molar-refractivity contribution < 1.29 is 8.42 Å². The molecule has 0 spiro atoms. The molecule has 9 heteroatoms. The van der Waals surface area contributed by atoms with Gasteiger partial charge in [-0.1, -0.05) is 36.4 Å². The molecule has 2 heterocycles. The van der Waals surface area contributed by atoms with Crippen molar-refractivity contribution in [2.24, 2.45) is 0 Å². The third-order valence-corrected chi connectivity index (χ3v) is 6.79. The number of likely N-dealkylation sites (tertiary alicyclic amines) is 1. The number of piperidine rings is 1. The average Bonchev–Trinajstić information content (AvgIpc) is 3.12. The van der Waals surface area contributed by atoms with Crippen molar-refractivity contribution in [3.8, 4) is 0 Å². The topological polar surface area (TPSA) is 75.2 Å². The summed E-state index contributed by atoms with van der Waals surface area (Å²) in [6, 6.07) is 15.4. The zero-order valence-electron chi connectivity index (χ0n) is 14.6. The van der Waals surface area contributed by atoms with Gasteiger partial charge in [0, 0.05) is 25.7 Å². The number of aromatic nitrogens is 2. The molecule has 144 valence electrons. The zero-order valence-corrected chi connectivity index (χ0v) is 17.1. The Labute approximate surface area is 169 Å². The molecule has 1 saturated heterocycles. The van der Waals surface area contributed by atoms with Gasteiger partial charge in [-0.3, -0.25) is 4.90 Å². The first-order chi connectivity index (χ1) is 12.6. The van der Waals surface area contributed by atoms with E-state index < -0.39 is 10.0 Å². The minimum absolute atomic E-state index is 0. The Morgan fingerprint density at radius 2 is 1.78 bits per heavy atom. The van der Waals surface area contributed by atoms with Gasteiger partial charge in [0.25, 0.3) is 0 Å². The Kier molecular flexibility index (Phi) is 6.44. The molecule has 6 nitrogen and oxygen atoms in total. The van der Waals surface area contributed by atoms with Crippen LogP contribution in [0.5, 0.6) is 0 Å². The largest absolute Gasteiger partial charge is 0.299 e. The number of hydrogen-bond acceptors (Lipinski definition) is 6. The van der Waals surface area contributed by atoms with Crippen molar-refractivity contribution in [1.82, 2.24) is 18.4 Å². The highest BCUT2D eigenvalue weighted by molar-refractivity contribution is 7.89. The lowest BCUT2D eigenvalue weighted by molar-refractivity contribution is 0.200. The number of nitrogens with one attached hydrogen (secondary N) is 1. The molecule has 1 N–H and O–H groups in total. The van der Waals surface area contributed by atoms with Gasteiger partial charge in [-0.15, -0.1) is 12.4 Å². The predicted molar refractivity (Wildman–Crippen MR) is 110 cm³/mol. The summed E-state index contributed by atoms with van der Waals surface area (Å²) < 4.78 is 36.7. The zero-order chi connectivity index (χ0) is 18.0. The number of sulfonamides is 1. The number of fused-ring (bicyclic) bond motifs is 1. The molecule has 2 aromatic carbocycles. The molecule has 4 rings (SSSR count). The first-order valence-corrected chi connectivity index (χ1v) is 10.8. The van der Waals surface area contributed by atoms with Gasteiger partial charge in [-0.2, -0.15) is 8.75 Å². The molecule has 0 aliphatic carbocycles. The van der Waals surface area contributed by atoms with E-state index in [-0.39, 0.29) is 23.3 Å². The van der Waals surface area contributed by atoms with Crippen LogP contribution in [0.2, 0.25) is 0 Å². The summed E-state index contributed by atoms with van der Waals surface area (Å²) in [6.07, 6.45) is 1.61. The fourth-order valence-electron chi connectivity index (χ4n) is 3.33. The number of nitrogens with zero attached hydrogens (tertiary/aromatic N) is 3. The Hall–Kier alpha value is -1.58. The van der Waals surface area contributed by atoms with E-state index in [4.69, 9.17) is 0 Å². The van der Waals surface area contributed by atoms with Crippen LogP contribution in [0.1, 0.15) is 18.4 Å². The Balaban J connectivity index is 0.00000210. The van der Waals surface area contributed by atoms with Crippen LogP contribution in [0.25, 0.3) is 11.0 Å². The van der Waals surface area contributed by atoms with E-state index in [2.05, 4.69) is 30.5 Å². The molecule has 0 unspecified atom stereocenters. The molecular weight excluding hydrogens is 404 g/mol. The highest BCUT2D eigenvalue weighted by Gasteiger charge is 2.26. The van der Waals surface area contributed by atoms with E-state index in [0.717, 1.165) is 44.2 Å². The van der Waals surface area contributed by atoms with Gasteiger partial charge in [0.05, 0.1) is 11.7 Å². The Morgan fingerprint density at radius 3 is 2.52 bits per heavy atom. The van der Waals surface area contributed by atoms with E-state index in [0.29, 0.717) is 11.0 Å². The molecule has 1 aliphatic heterocycles. The molecular formula is C18H21ClN4O2S2. The first-order valence-electron chi connectivity index (χ1n) is 8.62. The maximum atomic E-state index is 12.8. The van der Waals surface area contributed by atoms with Crippen LogP contribution >= 0.6 is 24.1 Å². The molecule has 1 fully saturated rings. The number of halogens is 1. The van der Waals surface area contributed by atoms with Gasteiger partial charge in [-0.25, -0.2) is 13.1 Å². The number of hydrogen-bond donors (Lipinski definition) is 1. The van der Waals surface area contributed by atoms with Crippen LogP contribution in [0.4, 0.5) is 0 Å². The minimum atomic E-state index is -3.60. The van der Waals surface area contributed by atoms with Crippen molar-refractivity contribution in [2.45, 2.75) is 30.3 Å². The lowest BCUT2D eigenvalue weighted by atomic mass is 10.1. The monoisotopic (exact) mass is 424 g/mol. The minimum Gasteiger partial charge on any atom is -0.299 e. The summed E-state index contributed by atoms with van der Waals surface area (Å²) in [5, 5.41) is 0. The van der Waals surface area contributed by atoms with Crippen LogP contribution in [-0.4, -0.2) is 41.2 Å². The summed E-state index contributed by atoms with van der Waals surface area (Å²) >= 11 is 1.03. The van der Waals surface area contributed by atoms with Crippen LogP contribution < -0.4 is 4.72 Å². The van der Waals surface area contributed by atoms with Crippen molar-refractivity contribution in [1.29, 1.82) is 0 Å². The summed E-state index contributed by atoms with van der Waals surface area (Å²) in [7, 11) is -3.60. The average molecular weight is 425 g/mol. The molecule has 27 heavy (non-hydrogen) atoms. The van der Waals surface area contributed by atoms with Gasteiger partial charge in [0.2, 0.25) is 10.0 Å². The second-order valence-corrected chi connectivity index (χ2v) is 8.76. The predicted octanol–water partition coefficient (Wildman–Crippen LogP) is 3.06. The van der Waals surface area contributed by atoms with E-state index in [1.165, 1.54) is 5.56 Å². The molecule has 0 radical (unpaired) electrons. The fraction of sp³-hybridized carbons (Fsp3) is 0.333. The lowest BCUT2D eigenvalue weighted by Crippen LogP contribution is -2.44. The second-order valence-electron chi connectivity index (χ2n) is 6.55. The van der Waals surface area contributed by atoms with Crippen LogP contribution in [-0.2, 0) is 16.6 Å². The van der Waals surface area contributed by atoms with E-state index in [1.54, 1.807) is 18.2 Å². The maximum Gasteiger partial charge on any atom is 0.243 e. The number of rotatable bonds is 5. The molecule has 0 atom stereocenters. The second kappa shape index (κ2) is 8.62. The van der Waals surface area contributed by atoms with Crippen molar-refractivity contribution >= 4 is 45.2 Å². The Morgan fingerprint density at radius 1 is 1.04 bits per heavy atom. The van der Waals surface area contributed by atoms with Gasteiger partial charge < -0.3 is 0 Å². The van der Waals surface area contributed by atoms with Crippen LogP contribution in [0, 0.1) is 0 Å². The first kappa shape index (κ1) is 20.2. The highest BCUT2D eigenvalue weighted by Crippen LogP contribution is 2.22. The Bertz CT molecular complexity index is 987. The van der Waals surface area contributed by atoms with Gasteiger partial charge in [0.1, 0.15) is 15.9 Å². The van der Waals surface area contributed by atoms with Crippen LogP contribution in [0.15, 0.2) is 53.4 Å². The fourth-order valence-corrected chi connectivity index (χ4v) is 5.40. The summed E-state index contributed by atoms with van der Waals surface area (Å²) in [5.41, 5.74) is 2.36. The van der Waals surface area contributed by atoms with E-state index in [1.807, 2.05) is 18.2 Å². The van der Waals surface area contributed by atoms with Gasteiger partial charge >= 0.3 is 0 Å². The normalized spacial score (nSPS) is 16.3. The molecule has 1 aliphatic rings. The molecule has 0 saturated carbocycles. The SMILES string of the molecule is Cl.O=S(=O)(NC1CCN(Cc2ccccc2)CC1)c1cccc2nsnc12. The third-order valence-electron chi connectivity index (χ3n) is 4.70.